The molecule has 0 bridgehead atoms. The van der Waals surface area contributed by atoms with Crippen molar-refractivity contribution in [3.8, 4) is 0 Å². The van der Waals surface area contributed by atoms with Crippen LogP contribution in [0.25, 0.3) is 0 Å². The fourth-order valence-electron chi connectivity index (χ4n) is 1.45. The lowest BCUT2D eigenvalue weighted by Gasteiger charge is -2.21. The molecule has 0 radical (unpaired) electrons. The highest BCUT2D eigenvalue weighted by Crippen LogP contribution is 2.26. The van der Waals surface area contributed by atoms with Gasteiger partial charge >= 0.3 is 0 Å². The Balaban J connectivity index is 2.69. The fraction of sp³-hybridized carbons (Fsp3) is 0.600. The van der Waals surface area contributed by atoms with Gasteiger partial charge in [0.15, 0.2) is 12.1 Å². The molecule has 0 aromatic carbocycles. The Hall–Kier alpha value is -0.920. The molecular weight excluding hydrogens is 152 g/mol. The molecule has 0 aliphatic heterocycles. The zero-order chi connectivity index (χ0) is 9.14. The van der Waals surface area contributed by atoms with E-state index in [1.165, 1.54) is 0 Å². The molecule has 0 heterocycles. The molecule has 0 spiro atoms. The molecule has 0 amide bonds. The van der Waals surface area contributed by atoms with E-state index in [9.17, 15) is 9.59 Å². The first-order chi connectivity index (χ1) is 5.65. The highest BCUT2D eigenvalue weighted by Gasteiger charge is 2.23. The normalized spacial score (nSPS) is 24.1. The molecule has 1 aliphatic carbocycles. The summed E-state index contributed by atoms with van der Waals surface area (Å²) in [7, 11) is 0. The predicted octanol–water partition coefficient (Wildman–Crippen LogP) is 1.75. The number of hydrogen-bond donors (Lipinski definition) is 0. The summed E-state index contributed by atoms with van der Waals surface area (Å²) in [5.74, 6) is 0.967. The Kier molecular flexibility index (Phi) is 2.79. The molecule has 0 saturated heterocycles. The second-order valence-corrected chi connectivity index (χ2v) is 3.64. The minimum atomic E-state index is 0.00921. The summed E-state index contributed by atoms with van der Waals surface area (Å²) in [4.78, 5) is 21.6. The molecule has 0 aromatic rings. The van der Waals surface area contributed by atoms with Crippen LogP contribution in [0.5, 0.6) is 0 Å². The average Bonchev–Trinajstić information content (AvgIpc) is 2.04. The smallest absolute Gasteiger partial charge is 0.166 e. The lowest BCUT2D eigenvalue weighted by atomic mass is 9.82. The van der Waals surface area contributed by atoms with Gasteiger partial charge in [0.1, 0.15) is 0 Å². The van der Waals surface area contributed by atoms with E-state index in [2.05, 4.69) is 13.8 Å². The predicted molar refractivity (Wildman–Crippen MR) is 46.7 cm³/mol. The summed E-state index contributed by atoms with van der Waals surface area (Å²) in [6.07, 6.45) is 3.85. The van der Waals surface area contributed by atoms with Gasteiger partial charge in [-0.3, -0.25) is 9.59 Å². The first kappa shape index (κ1) is 9.17. The maximum Gasteiger partial charge on any atom is 0.166 e. The van der Waals surface area contributed by atoms with Crippen molar-refractivity contribution in [2.45, 2.75) is 26.7 Å². The van der Waals surface area contributed by atoms with Crippen LogP contribution >= 0.6 is 0 Å². The zero-order valence-electron chi connectivity index (χ0n) is 7.54. The third-order valence-corrected chi connectivity index (χ3v) is 2.48. The van der Waals surface area contributed by atoms with Gasteiger partial charge in [0.2, 0.25) is 0 Å². The topological polar surface area (TPSA) is 34.1 Å². The first-order valence-electron chi connectivity index (χ1n) is 4.33. The Labute approximate surface area is 72.7 Å². The zero-order valence-corrected chi connectivity index (χ0v) is 7.54. The van der Waals surface area contributed by atoms with E-state index < -0.39 is 0 Å². The van der Waals surface area contributed by atoms with Crippen LogP contribution in [0.2, 0.25) is 0 Å². The van der Waals surface area contributed by atoms with Gasteiger partial charge in [-0.2, -0.15) is 0 Å². The number of hydrogen-bond acceptors (Lipinski definition) is 2. The number of carbonyl (C=O) groups is 2. The van der Waals surface area contributed by atoms with Gasteiger partial charge in [0, 0.05) is 6.42 Å². The van der Waals surface area contributed by atoms with Crippen molar-refractivity contribution in [3.05, 3.63) is 11.6 Å². The van der Waals surface area contributed by atoms with E-state index in [4.69, 9.17) is 0 Å². The molecule has 0 fully saturated rings. The van der Waals surface area contributed by atoms with Gasteiger partial charge in [-0.1, -0.05) is 19.9 Å². The van der Waals surface area contributed by atoms with E-state index in [0.717, 1.165) is 6.42 Å². The standard InChI is InChI=1S/C10H14O2/c1-7(2)8-3-4-9(6-11)10(12)5-8/h4,6-8H,3,5H2,1-2H3. The Bertz CT molecular complexity index is 226. The van der Waals surface area contributed by atoms with E-state index >= 15 is 0 Å². The fourth-order valence-corrected chi connectivity index (χ4v) is 1.45. The summed E-state index contributed by atoms with van der Waals surface area (Å²) in [5, 5.41) is 0. The van der Waals surface area contributed by atoms with E-state index in [0.29, 0.717) is 30.1 Å². The van der Waals surface area contributed by atoms with Crippen LogP contribution in [0.1, 0.15) is 26.7 Å². The van der Waals surface area contributed by atoms with Crippen LogP contribution in [0, 0.1) is 11.8 Å². The maximum atomic E-state index is 11.2. The highest BCUT2D eigenvalue weighted by molar-refractivity contribution is 6.12. The summed E-state index contributed by atoms with van der Waals surface area (Å²) in [5.41, 5.74) is 0.368. The SMILES string of the molecule is CC(C)C1CC=C(C=O)C(=O)C1. The highest BCUT2D eigenvalue weighted by atomic mass is 16.1. The molecule has 2 nitrogen and oxygen atoms in total. The minimum Gasteiger partial charge on any atom is -0.298 e. The van der Waals surface area contributed by atoms with E-state index in [1.807, 2.05) is 0 Å². The maximum absolute atomic E-state index is 11.2. The number of rotatable bonds is 2. The molecule has 1 rings (SSSR count). The summed E-state index contributed by atoms with van der Waals surface area (Å²) in [6.45, 7) is 4.22. The Morgan fingerprint density at radius 3 is 2.67 bits per heavy atom. The van der Waals surface area contributed by atoms with Gasteiger partial charge in [0.05, 0.1) is 5.57 Å². The second kappa shape index (κ2) is 3.65. The van der Waals surface area contributed by atoms with E-state index in [-0.39, 0.29) is 5.78 Å². The molecule has 1 atom stereocenters. The van der Waals surface area contributed by atoms with Gasteiger partial charge in [-0.15, -0.1) is 0 Å². The molecule has 0 aromatic heterocycles. The first-order valence-corrected chi connectivity index (χ1v) is 4.33. The molecule has 1 unspecified atom stereocenters. The summed E-state index contributed by atoms with van der Waals surface area (Å²) in [6, 6.07) is 0. The van der Waals surface area contributed by atoms with Crippen molar-refractivity contribution in [2.24, 2.45) is 11.8 Å². The van der Waals surface area contributed by atoms with Crippen LogP contribution in [0.3, 0.4) is 0 Å². The van der Waals surface area contributed by atoms with Crippen molar-refractivity contribution < 1.29 is 9.59 Å². The van der Waals surface area contributed by atoms with Crippen molar-refractivity contribution >= 4 is 12.1 Å². The van der Waals surface area contributed by atoms with Crippen LogP contribution in [0.15, 0.2) is 11.6 Å². The van der Waals surface area contributed by atoms with Crippen LogP contribution in [0.4, 0.5) is 0 Å². The number of allylic oxidation sites excluding steroid dienone is 2. The van der Waals surface area contributed by atoms with E-state index in [1.54, 1.807) is 6.08 Å². The van der Waals surface area contributed by atoms with Crippen LogP contribution < -0.4 is 0 Å². The third-order valence-electron chi connectivity index (χ3n) is 2.48. The van der Waals surface area contributed by atoms with Crippen LogP contribution in [-0.2, 0) is 9.59 Å². The third kappa shape index (κ3) is 1.81. The Morgan fingerprint density at radius 2 is 2.25 bits per heavy atom. The number of aldehydes is 1. The van der Waals surface area contributed by atoms with Crippen molar-refractivity contribution in [1.29, 1.82) is 0 Å². The molecule has 66 valence electrons. The Morgan fingerprint density at radius 1 is 1.58 bits per heavy atom. The number of Topliss-reactive ketones (excluding diaryl/α,β-unsaturated/α-hetero) is 1. The van der Waals surface area contributed by atoms with Crippen LogP contribution in [-0.4, -0.2) is 12.1 Å². The van der Waals surface area contributed by atoms with Gasteiger partial charge in [-0.25, -0.2) is 0 Å². The molecule has 0 saturated carbocycles. The number of ketones is 1. The molecular formula is C10H14O2. The van der Waals surface area contributed by atoms with Crippen molar-refractivity contribution in [3.63, 3.8) is 0 Å². The lowest BCUT2D eigenvalue weighted by Crippen LogP contribution is -2.20. The van der Waals surface area contributed by atoms with Gasteiger partial charge in [0.25, 0.3) is 0 Å². The summed E-state index contributed by atoms with van der Waals surface area (Å²) < 4.78 is 0. The lowest BCUT2D eigenvalue weighted by molar-refractivity contribution is -0.119. The van der Waals surface area contributed by atoms with Gasteiger partial charge < -0.3 is 0 Å². The summed E-state index contributed by atoms with van der Waals surface area (Å²) >= 11 is 0. The average molecular weight is 166 g/mol. The quantitative estimate of drug-likeness (QED) is 0.462. The molecule has 0 N–H and O–H groups in total. The second-order valence-electron chi connectivity index (χ2n) is 3.64. The largest absolute Gasteiger partial charge is 0.298 e. The number of carbonyl (C=O) groups excluding carboxylic acids is 2. The van der Waals surface area contributed by atoms with Gasteiger partial charge in [-0.05, 0) is 18.3 Å². The minimum absolute atomic E-state index is 0.00921. The molecule has 1 aliphatic rings. The molecule has 12 heavy (non-hydrogen) atoms. The van der Waals surface area contributed by atoms with Crippen molar-refractivity contribution in [1.82, 2.24) is 0 Å². The molecule has 2 heteroatoms. The van der Waals surface area contributed by atoms with Crippen molar-refractivity contribution in [2.75, 3.05) is 0 Å². The monoisotopic (exact) mass is 166 g/mol.